The molecule has 0 saturated heterocycles. The first kappa shape index (κ1) is 17.7. The Morgan fingerprint density at radius 1 is 1.08 bits per heavy atom. The molecule has 3 rings (SSSR count). The van der Waals surface area contributed by atoms with Crippen molar-refractivity contribution in [3.8, 4) is 0 Å². The van der Waals surface area contributed by atoms with Crippen LogP contribution in [0.1, 0.15) is 55.7 Å². The zero-order valence-corrected chi connectivity index (χ0v) is 14.9. The highest BCUT2D eigenvalue weighted by Gasteiger charge is 2.37. The fourth-order valence-electron chi connectivity index (χ4n) is 3.66. The van der Waals surface area contributed by atoms with Gasteiger partial charge in [0.05, 0.1) is 0 Å². The fraction of sp³-hybridized carbons (Fsp3) is 0.409. The summed E-state index contributed by atoms with van der Waals surface area (Å²) >= 11 is 0. The van der Waals surface area contributed by atoms with Crippen molar-refractivity contribution in [2.24, 2.45) is 0 Å². The van der Waals surface area contributed by atoms with Crippen molar-refractivity contribution >= 4 is 11.6 Å². The maximum absolute atomic E-state index is 13.1. The predicted octanol–water partition coefficient (Wildman–Crippen LogP) is 4.58. The van der Waals surface area contributed by atoms with Gasteiger partial charge in [-0.25, -0.2) is 0 Å². The Balaban J connectivity index is 1.89. The van der Waals surface area contributed by atoms with Crippen molar-refractivity contribution in [3.63, 3.8) is 0 Å². The summed E-state index contributed by atoms with van der Waals surface area (Å²) in [6.45, 7) is 2.07. The van der Waals surface area contributed by atoms with Gasteiger partial charge >= 0.3 is 0 Å². The number of amides is 1. The molecule has 2 N–H and O–H groups in total. The molecule has 1 amide bonds. The van der Waals surface area contributed by atoms with Crippen LogP contribution in [-0.2, 0) is 23.2 Å². The number of fused-ring (bicyclic) bond motifs is 1. The number of hydrogen-bond acceptors (Lipinski definition) is 2. The number of aryl methyl sites for hydroxylation is 1. The minimum atomic E-state index is -1.49. The van der Waals surface area contributed by atoms with E-state index in [0.717, 1.165) is 37.8 Å². The van der Waals surface area contributed by atoms with Crippen molar-refractivity contribution in [2.75, 3.05) is 5.32 Å². The molecule has 0 heterocycles. The molecular weight excluding hydrogens is 310 g/mol. The van der Waals surface area contributed by atoms with E-state index in [1.807, 2.05) is 42.5 Å². The van der Waals surface area contributed by atoms with Crippen LogP contribution >= 0.6 is 0 Å². The molecule has 0 aromatic heterocycles. The monoisotopic (exact) mass is 337 g/mol. The molecule has 3 heteroatoms. The Morgan fingerprint density at radius 3 is 2.60 bits per heavy atom. The second kappa shape index (κ2) is 7.83. The molecule has 132 valence electrons. The second-order valence-corrected chi connectivity index (χ2v) is 6.93. The standard InChI is InChI=1S/C22H27NO2/c1-2-3-16-22(25,18-12-5-4-6-13-18)21(24)23-20-15-9-11-17-10-7-8-14-19(17)20/h4-6,9,11-13,15,25H,2-3,7-8,10,14,16H2,1H3,(H,23,24). The van der Waals surface area contributed by atoms with Gasteiger partial charge in [-0.2, -0.15) is 0 Å². The first-order valence-electron chi connectivity index (χ1n) is 9.35. The number of benzene rings is 2. The molecule has 1 aliphatic rings. The summed E-state index contributed by atoms with van der Waals surface area (Å²) in [6.07, 6.45) is 6.57. The first-order chi connectivity index (χ1) is 12.1. The normalized spacial score (nSPS) is 15.9. The number of nitrogens with one attached hydrogen (secondary N) is 1. The Bertz CT molecular complexity index is 726. The van der Waals surface area contributed by atoms with Crippen LogP contribution in [0.2, 0.25) is 0 Å². The average molecular weight is 337 g/mol. The summed E-state index contributed by atoms with van der Waals surface area (Å²) < 4.78 is 0. The lowest BCUT2D eigenvalue weighted by Crippen LogP contribution is -2.40. The minimum absolute atomic E-state index is 0.328. The molecule has 1 atom stereocenters. The molecule has 0 spiro atoms. The van der Waals surface area contributed by atoms with Gasteiger partial charge in [0.15, 0.2) is 5.60 Å². The number of carbonyl (C=O) groups is 1. The first-order valence-corrected chi connectivity index (χ1v) is 9.35. The maximum Gasteiger partial charge on any atom is 0.260 e. The fourth-order valence-corrected chi connectivity index (χ4v) is 3.66. The maximum atomic E-state index is 13.1. The van der Waals surface area contributed by atoms with Gasteiger partial charge in [-0.3, -0.25) is 4.79 Å². The highest BCUT2D eigenvalue weighted by Crippen LogP contribution is 2.32. The van der Waals surface area contributed by atoms with E-state index in [4.69, 9.17) is 0 Å². The van der Waals surface area contributed by atoms with Crippen molar-refractivity contribution in [3.05, 3.63) is 65.2 Å². The third-order valence-corrected chi connectivity index (χ3v) is 5.16. The Kier molecular flexibility index (Phi) is 5.54. The number of hydrogen-bond donors (Lipinski definition) is 2. The zero-order valence-electron chi connectivity index (χ0n) is 14.9. The van der Waals surface area contributed by atoms with Crippen LogP contribution in [-0.4, -0.2) is 11.0 Å². The van der Waals surface area contributed by atoms with Gasteiger partial charge < -0.3 is 10.4 Å². The van der Waals surface area contributed by atoms with Gasteiger partial charge in [0, 0.05) is 5.69 Å². The van der Waals surface area contributed by atoms with Crippen LogP contribution in [0.25, 0.3) is 0 Å². The van der Waals surface area contributed by atoms with Crippen LogP contribution < -0.4 is 5.32 Å². The highest BCUT2D eigenvalue weighted by molar-refractivity contribution is 5.98. The Morgan fingerprint density at radius 2 is 1.84 bits per heavy atom. The molecule has 1 unspecified atom stereocenters. The van der Waals surface area contributed by atoms with Gasteiger partial charge in [0.2, 0.25) is 0 Å². The number of unbranched alkanes of at least 4 members (excludes halogenated alkanes) is 1. The summed E-state index contributed by atoms with van der Waals surface area (Å²) in [5, 5.41) is 14.3. The lowest BCUT2D eigenvalue weighted by atomic mass is 9.86. The van der Waals surface area contributed by atoms with E-state index in [1.165, 1.54) is 17.5 Å². The predicted molar refractivity (Wildman–Crippen MR) is 102 cm³/mol. The zero-order chi connectivity index (χ0) is 17.7. The van der Waals surface area contributed by atoms with E-state index in [9.17, 15) is 9.90 Å². The molecule has 2 aromatic rings. The smallest absolute Gasteiger partial charge is 0.260 e. The van der Waals surface area contributed by atoms with Crippen LogP contribution in [0.3, 0.4) is 0 Å². The largest absolute Gasteiger partial charge is 0.375 e. The van der Waals surface area contributed by atoms with E-state index in [-0.39, 0.29) is 5.91 Å². The summed E-state index contributed by atoms with van der Waals surface area (Å²) in [6, 6.07) is 15.4. The summed E-state index contributed by atoms with van der Waals surface area (Å²) in [5.74, 6) is -0.328. The van der Waals surface area contributed by atoms with E-state index >= 15 is 0 Å². The number of carbonyl (C=O) groups excluding carboxylic acids is 1. The molecule has 0 radical (unpaired) electrons. The number of anilines is 1. The summed E-state index contributed by atoms with van der Waals surface area (Å²) in [4.78, 5) is 13.1. The van der Waals surface area contributed by atoms with Crippen molar-refractivity contribution in [1.82, 2.24) is 0 Å². The van der Waals surface area contributed by atoms with Gasteiger partial charge in [-0.1, -0.05) is 55.8 Å². The van der Waals surface area contributed by atoms with Crippen LogP contribution in [0, 0.1) is 0 Å². The third kappa shape index (κ3) is 3.77. The molecule has 0 saturated carbocycles. The lowest BCUT2D eigenvalue weighted by molar-refractivity contribution is -0.136. The molecule has 2 aromatic carbocycles. The van der Waals surface area contributed by atoms with E-state index in [1.54, 1.807) is 0 Å². The van der Waals surface area contributed by atoms with Crippen molar-refractivity contribution < 1.29 is 9.90 Å². The molecule has 0 bridgehead atoms. The number of aliphatic hydroxyl groups is 1. The number of rotatable bonds is 6. The third-order valence-electron chi connectivity index (χ3n) is 5.16. The van der Waals surface area contributed by atoms with Crippen LogP contribution in [0.5, 0.6) is 0 Å². The van der Waals surface area contributed by atoms with Crippen molar-refractivity contribution in [1.29, 1.82) is 0 Å². The van der Waals surface area contributed by atoms with Gasteiger partial charge in [-0.15, -0.1) is 0 Å². The van der Waals surface area contributed by atoms with Gasteiger partial charge in [0.25, 0.3) is 5.91 Å². The SMILES string of the molecule is CCCCC(O)(C(=O)Nc1cccc2c1CCCC2)c1ccccc1. The molecule has 0 aliphatic heterocycles. The molecule has 25 heavy (non-hydrogen) atoms. The minimum Gasteiger partial charge on any atom is -0.375 e. The van der Waals surface area contributed by atoms with Crippen LogP contribution in [0.4, 0.5) is 5.69 Å². The second-order valence-electron chi connectivity index (χ2n) is 6.93. The van der Waals surface area contributed by atoms with Crippen LogP contribution in [0.15, 0.2) is 48.5 Å². The van der Waals surface area contributed by atoms with Crippen molar-refractivity contribution in [2.45, 2.75) is 57.5 Å². The quantitative estimate of drug-likeness (QED) is 0.810. The topological polar surface area (TPSA) is 49.3 Å². The lowest BCUT2D eigenvalue weighted by Gasteiger charge is -2.29. The molecule has 3 nitrogen and oxygen atoms in total. The summed E-state index contributed by atoms with van der Waals surface area (Å²) in [7, 11) is 0. The van der Waals surface area contributed by atoms with E-state index in [0.29, 0.717) is 12.0 Å². The Labute approximate surface area is 150 Å². The molecular formula is C22H27NO2. The molecule has 1 aliphatic carbocycles. The molecule has 0 fully saturated rings. The van der Waals surface area contributed by atoms with E-state index in [2.05, 4.69) is 18.3 Å². The van der Waals surface area contributed by atoms with Gasteiger partial charge in [0.1, 0.15) is 0 Å². The Hall–Kier alpha value is -2.13. The van der Waals surface area contributed by atoms with E-state index < -0.39 is 5.60 Å². The summed E-state index contributed by atoms with van der Waals surface area (Å²) in [5.41, 5.74) is 2.57. The highest BCUT2D eigenvalue weighted by atomic mass is 16.3. The van der Waals surface area contributed by atoms with Gasteiger partial charge in [-0.05, 0) is 61.3 Å². The average Bonchev–Trinajstić information content (AvgIpc) is 2.67.